The van der Waals surface area contributed by atoms with Gasteiger partial charge in [-0.3, -0.25) is 9.78 Å². The molecule has 0 radical (unpaired) electrons. The van der Waals surface area contributed by atoms with Gasteiger partial charge in [0.15, 0.2) is 5.78 Å². The second-order valence-corrected chi connectivity index (χ2v) is 8.37. The number of aryl methyl sites for hydroxylation is 1. The zero-order chi connectivity index (χ0) is 18.5. The summed E-state index contributed by atoms with van der Waals surface area (Å²) in [6.07, 6.45) is 5.54. The third-order valence-corrected chi connectivity index (χ3v) is 6.64. The number of fused-ring (bicyclic) bond motifs is 2. The van der Waals surface area contributed by atoms with Crippen molar-refractivity contribution in [3.8, 4) is 0 Å². The highest BCUT2D eigenvalue weighted by Gasteiger charge is 2.36. The van der Waals surface area contributed by atoms with Gasteiger partial charge < -0.3 is 9.55 Å². The van der Waals surface area contributed by atoms with E-state index in [0.717, 1.165) is 39.0 Å². The molecule has 5 heteroatoms. The Morgan fingerprint density at radius 2 is 2.04 bits per heavy atom. The molecular weight excluding hydrogens is 354 g/mol. The molecule has 1 N–H and O–H groups in total. The molecule has 1 aromatic carbocycles. The van der Waals surface area contributed by atoms with Crippen LogP contribution in [0.4, 0.5) is 0 Å². The van der Waals surface area contributed by atoms with E-state index in [9.17, 15) is 4.79 Å². The number of aromatic nitrogens is 3. The lowest BCUT2D eigenvalue weighted by Crippen LogP contribution is -2.07. The fourth-order valence-electron chi connectivity index (χ4n) is 4.05. The van der Waals surface area contributed by atoms with Gasteiger partial charge in [0.05, 0.1) is 0 Å². The van der Waals surface area contributed by atoms with Crippen LogP contribution in [0.25, 0.3) is 10.9 Å². The number of carbonyl (C=O) groups excluding carboxylic acids is 1. The van der Waals surface area contributed by atoms with E-state index in [1.54, 1.807) is 6.20 Å². The molecule has 1 aliphatic rings. The number of ketones is 1. The Balaban J connectivity index is 1.64. The van der Waals surface area contributed by atoms with Crippen molar-refractivity contribution in [1.82, 2.24) is 14.5 Å². The first-order chi connectivity index (χ1) is 13.1. The summed E-state index contributed by atoms with van der Waals surface area (Å²) in [5, 5.41) is 1.38. The van der Waals surface area contributed by atoms with Crippen LogP contribution in [-0.4, -0.2) is 20.3 Å². The number of nitrogens with one attached hydrogen (secondary N) is 1. The van der Waals surface area contributed by atoms with Crippen molar-refractivity contribution in [2.24, 2.45) is 0 Å². The Hall–Kier alpha value is -2.79. The number of aromatic amines is 1. The van der Waals surface area contributed by atoms with E-state index in [-0.39, 0.29) is 16.4 Å². The monoisotopic (exact) mass is 373 g/mol. The van der Waals surface area contributed by atoms with Crippen LogP contribution in [0, 0.1) is 6.92 Å². The summed E-state index contributed by atoms with van der Waals surface area (Å²) in [6.45, 7) is 4.26. The average Bonchev–Trinajstić information content (AvgIpc) is 3.37. The SMILES string of the molecule is Cc1cc(C(=O)c2c[nH]c3ccccc23)c2n1C(c1cccnc1)SC2C. The predicted octanol–water partition coefficient (Wildman–Crippen LogP) is 5.26. The molecule has 134 valence electrons. The van der Waals surface area contributed by atoms with Crippen molar-refractivity contribution in [2.75, 3.05) is 0 Å². The van der Waals surface area contributed by atoms with E-state index in [1.807, 2.05) is 60.6 Å². The predicted molar refractivity (Wildman–Crippen MR) is 109 cm³/mol. The smallest absolute Gasteiger partial charge is 0.197 e. The first kappa shape index (κ1) is 16.4. The number of benzene rings is 1. The largest absolute Gasteiger partial charge is 0.360 e. The Bertz CT molecular complexity index is 1160. The van der Waals surface area contributed by atoms with Gasteiger partial charge in [0, 0.05) is 62.8 Å². The number of thioether (sulfide) groups is 1. The van der Waals surface area contributed by atoms with Gasteiger partial charge in [0.2, 0.25) is 0 Å². The summed E-state index contributed by atoms with van der Waals surface area (Å²) in [5.41, 5.74) is 5.92. The maximum Gasteiger partial charge on any atom is 0.197 e. The lowest BCUT2D eigenvalue weighted by molar-refractivity contribution is 0.103. The second-order valence-electron chi connectivity index (χ2n) is 6.95. The van der Waals surface area contributed by atoms with Crippen LogP contribution < -0.4 is 0 Å². The van der Waals surface area contributed by atoms with Crippen LogP contribution in [0.2, 0.25) is 0 Å². The molecule has 4 nitrogen and oxygen atoms in total. The quantitative estimate of drug-likeness (QED) is 0.499. The van der Waals surface area contributed by atoms with Crippen molar-refractivity contribution < 1.29 is 4.79 Å². The van der Waals surface area contributed by atoms with Gasteiger partial charge >= 0.3 is 0 Å². The van der Waals surface area contributed by atoms with Gasteiger partial charge in [-0.05, 0) is 32.0 Å². The van der Waals surface area contributed by atoms with E-state index in [2.05, 4.69) is 34.4 Å². The minimum Gasteiger partial charge on any atom is -0.360 e. The highest BCUT2D eigenvalue weighted by atomic mass is 32.2. The number of hydrogen-bond acceptors (Lipinski definition) is 3. The van der Waals surface area contributed by atoms with Gasteiger partial charge in [-0.15, -0.1) is 11.8 Å². The van der Waals surface area contributed by atoms with E-state index >= 15 is 0 Å². The van der Waals surface area contributed by atoms with Crippen LogP contribution >= 0.6 is 11.8 Å². The number of pyridine rings is 1. The minimum atomic E-state index is 0.0867. The van der Waals surface area contributed by atoms with Crippen molar-refractivity contribution in [3.05, 3.63) is 89.1 Å². The van der Waals surface area contributed by atoms with Gasteiger partial charge in [0.25, 0.3) is 0 Å². The summed E-state index contributed by atoms with van der Waals surface area (Å²) in [7, 11) is 0. The van der Waals surface area contributed by atoms with Crippen LogP contribution in [0.5, 0.6) is 0 Å². The summed E-state index contributed by atoms with van der Waals surface area (Å²) >= 11 is 1.86. The van der Waals surface area contributed by atoms with Crippen LogP contribution in [0.1, 0.15) is 50.4 Å². The molecule has 0 aliphatic carbocycles. The molecular formula is C22H19N3OS. The Morgan fingerprint density at radius 1 is 1.19 bits per heavy atom. The lowest BCUT2D eigenvalue weighted by atomic mass is 10.0. The van der Waals surface area contributed by atoms with Crippen LogP contribution in [0.15, 0.2) is 61.1 Å². The molecule has 1 aliphatic heterocycles. The number of nitrogens with zero attached hydrogens (tertiary/aromatic N) is 2. The fourth-order valence-corrected chi connectivity index (χ4v) is 5.51. The average molecular weight is 373 g/mol. The molecule has 2 unspecified atom stereocenters. The van der Waals surface area contributed by atoms with Gasteiger partial charge in [0.1, 0.15) is 5.37 Å². The Labute approximate surface area is 161 Å². The maximum absolute atomic E-state index is 13.4. The van der Waals surface area contributed by atoms with Crippen LogP contribution in [-0.2, 0) is 0 Å². The molecule has 0 saturated carbocycles. The summed E-state index contributed by atoms with van der Waals surface area (Å²) < 4.78 is 2.30. The van der Waals surface area contributed by atoms with E-state index in [4.69, 9.17) is 0 Å². The molecule has 4 aromatic rings. The van der Waals surface area contributed by atoms with Gasteiger partial charge in [-0.25, -0.2) is 0 Å². The number of H-pyrrole nitrogens is 1. The first-order valence-electron chi connectivity index (χ1n) is 9.03. The molecule has 0 saturated heterocycles. The molecule has 0 bridgehead atoms. The zero-order valence-electron chi connectivity index (χ0n) is 15.1. The van der Waals surface area contributed by atoms with Gasteiger partial charge in [-0.2, -0.15) is 0 Å². The lowest BCUT2D eigenvalue weighted by Gasteiger charge is -2.14. The molecule has 0 spiro atoms. The molecule has 0 amide bonds. The molecule has 5 rings (SSSR count). The molecule has 2 atom stereocenters. The number of rotatable bonds is 3. The van der Waals surface area contributed by atoms with Crippen molar-refractivity contribution in [3.63, 3.8) is 0 Å². The number of hydrogen-bond donors (Lipinski definition) is 1. The van der Waals surface area contributed by atoms with Gasteiger partial charge in [-0.1, -0.05) is 24.3 Å². The first-order valence-corrected chi connectivity index (χ1v) is 9.97. The third kappa shape index (κ3) is 2.46. The normalized spacial score (nSPS) is 18.7. The van der Waals surface area contributed by atoms with Crippen LogP contribution in [0.3, 0.4) is 0 Å². The zero-order valence-corrected chi connectivity index (χ0v) is 16.0. The maximum atomic E-state index is 13.4. The topological polar surface area (TPSA) is 50.7 Å². The standard InChI is InChI=1S/C22H19N3OS/c1-13-10-17(21(26)18-12-24-19-8-4-3-7-16(18)19)20-14(2)27-22(25(13)20)15-6-5-9-23-11-15/h3-12,14,22,24H,1-2H3. The summed E-state index contributed by atoms with van der Waals surface area (Å²) in [5.74, 6) is 0.0867. The van der Waals surface area contributed by atoms with Crippen molar-refractivity contribution >= 4 is 28.4 Å². The fraction of sp³-hybridized carbons (Fsp3) is 0.182. The van der Waals surface area contributed by atoms with Crippen molar-refractivity contribution in [1.29, 1.82) is 0 Å². The Kier molecular flexibility index (Phi) is 3.72. The molecule has 27 heavy (non-hydrogen) atoms. The molecule has 0 fully saturated rings. The van der Waals surface area contributed by atoms with E-state index < -0.39 is 0 Å². The number of carbonyl (C=O) groups is 1. The van der Waals surface area contributed by atoms with E-state index in [0.29, 0.717) is 0 Å². The highest BCUT2D eigenvalue weighted by Crippen LogP contribution is 2.51. The Morgan fingerprint density at radius 3 is 2.85 bits per heavy atom. The minimum absolute atomic E-state index is 0.0867. The molecule has 4 heterocycles. The highest BCUT2D eigenvalue weighted by molar-refractivity contribution is 8.00. The van der Waals surface area contributed by atoms with E-state index in [1.165, 1.54) is 0 Å². The molecule has 3 aromatic heterocycles. The second kappa shape index (κ2) is 6.13. The third-order valence-electron chi connectivity index (χ3n) is 5.27. The summed E-state index contributed by atoms with van der Waals surface area (Å²) in [4.78, 5) is 20.9. The van der Waals surface area contributed by atoms with Crippen molar-refractivity contribution in [2.45, 2.75) is 24.5 Å². The number of para-hydroxylation sites is 1. The summed E-state index contributed by atoms with van der Waals surface area (Å²) in [6, 6.07) is 14.1.